The van der Waals surface area contributed by atoms with Crippen LogP contribution in [0.15, 0.2) is 52.9 Å². The van der Waals surface area contributed by atoms with Crippen molar-refractivity contribution in [2.75, 3.05) is 11.1 Å². The van der Waals surface area contributed by atoms with E-state index in [1.165, 1.54) is 29.2 Å². The van der Waals surface area contributed by atoms with Gasteiger partial charge in [0.15, 0.2) is 4.34 Å². The van der Waals surface area contributed by atoms with E-state index >= 15 is 0 Å². The molecule has 23 heavy (non-hydrogen) atoms. The summed E-state index contributed by atoms with van der Waals surface area (Å²) in [5, 5.41) is 11.7. The Morgan fingerprint density at radius 2 is 1.87 bits per heavy atom. The highest BCUT2D eigenvalue weighted by molar-refractivity contribution is 8.01. The number of amides is 1. The first-order valence-electron chi connectivity index (χ1n) is 6.74. The normalized spacial score (nSPS) is 10.6. The SMILES string of the molecule is O=C(CSc1nc2ccccc2s1)Nc1ccccc1C(=O)O. The molecule has 0 aliphatic rings. The molecule has 0 bridgehead atoms. The van der Waals surface area contributed by atoms with Gasteiger partial charge in [-0.25, -0.2) is 9.78 Å². The number of aromatic nitrogens is 1. The number of aromatic carboxylic acids is 1. The Morgan fingerprint density at radius 1 is 1.13 bits per heavy atom. The van der Waals surface area contributed by atoms with Crippen LogP contribution in [0, 0.1) is 0 Å². The van der Waals surface area contributed by atoms with Crippen molar-refractivity contribution in [3.8, 4) is 0 Å². The zero-order valence-electron chi connectivity index (χ0n) is 11.9. The average Bonchev–Trinajstić information content (AvgIpc) is 2.96. The van der Waals surface area contributed by atoms with Gasteiger partial charge in [-0.05, 0) is 24.3 Å². The Morgan fingerprint density at radius 3 is 2.65 bits per heavy atom. The van der Waals surface area contributed by atoms with Crippen LogP contribution in [-0.2, 0) is 4.79 Å². The molecule has 3 aromatic rings. The number of hydrogen-bond acceptors (Lipinski definition) is 5. The lowest BCUT2D eigenvalue weighted by Gasteiger charge is -2.07. The Bertz CT molecular complexity index is 843. The van der Waals surface area contributed by atoms with Crippen molar-refractivity contribution in [1.29, 1.82) is 0 Å². The van der Waals surface area contributed by atoms with Gasteiger partial charge in [0, 0.05) is 0 Å². The van der Waals surface area contributed by atoms with Gasteiger partial charge < -0.3 is 10.4 Å². The molecule has 1 aromatic heterocycles. The number of rotatable bonds is 5. The number of hydrogen-bond donors (Lipinski definition) is 2. The lowest BCUT2D eigenvalue weighted by atomic mass is 10.2. The number of carbonyl (C=O) groups excluding carboxylic acids is 1. The van der Waals surface area contributed by atoms with E-state index in [4.69, 9.17) is 5.11 Å². The average molecular weight is 344 g/mol. The number of carbonyl (C=O) groups is 2. The second kappa shape index (κ2) is 6.80. The van der Waals surface area contributed by atoms with E-state index in [2.05, 4.69) is 10.3 Å². The minimum absolute atomic E-state index is 0.0748. The first-order valence-corrected chi connectivity index (χ1v) is 8.54. The quantitative estimate of drug-likeness (QED) is 0.690. The number of para-hydroxylation sites is 2. The molecule has 1 heterocycles. The Balaban J connectivity index is 1.65. The second-order valence-electron chi connectivity index (χ2n) is 4.64. The molecule has 3 rings (SSSR count). The van der Waals surface area contributed by atoms with Crippen molar-refractivity contribution in [3.63, 3.8) is 0 Å². The molecule has 0 unspecified atom stereocenters. The van der Waals surface area contributed by atoms with E-state index in [0.717, 1.165) is 14.6 Å². The highest BCUT2D eigenvalue weighted by atomic mass is 32.2. The van der Waals surface area contributed by atoms with Gasteiger partial charge >= 0.3 is 5.97 Å². The summed E-state index contributed by atoms with van der Waals surface area (Å²) in [6, 6.07) is 14.1. The monoisotopic (exact) mass is 344 g/mol. The lowest BCUT2D eigenvalue weighted by molar-refractivity contribution is -0.113. The Hall–Kier alpha value is -2.38. The zero-order chi connectivity index (χ0) is 16.2. The van der Waals surface area contributed by atoms with E-state index in [1.807, 2.05) is 24.3 Å². The molecule has 5 nitrogen and oxygen atoms in total. The lowest BCUT2D eigenvalue weighted by Crippen LogP contribution is -2.16. The van der Waals surface area contributed by atoms with Gasteiger partial charge in [-0.2, -0.15) is 0 Å². The molecule has 7 heteroatoms. The van der Waals surface area contributed by atoms with E-state index in [0.29, 0.717) is 5.69 Å². The Labute approximate surface area is 140 Å². The van der Waals surface area contributed by atoms with Gasteiger partial charge in [-0.1, -0.05) is 36.0 Å². The van der Waals surface area contributed by atoms with E-state index in [-0.39, 0.29) is 17.2 Å². The smallest absolute Gasteiger partial charge is 0.337 e. The molecule has 2 N–H and O–H groups in total. The summed E-state index contributed by atoms with van der Waals surface area (Å²) >= 11 is 2.87. The summed E-state index contributed by atoms with van der Waals surface area (Å²) in [6.45, 7) is 0. The molecule has 0 spiro atoms. The van der Waals surface area contributed by atoms with E-state index in [1.54, 1.807) is 18.2 Å². The molecule has 0 aliphatic carbocycles. The standard InChI is InChI=1S/C16H12N2O3S2/c19-14(17-11-6-2-1-5-10(11)15(20)21)9-22-16-18-12-7-3-4-8-13(12)23-16/h1-8H,9H2,(H,17,19)(H,20,21). The molecule has 0 saturated heterocycles. The molecule has 0 aliphatic heterocycles. The first kappa shape index (κ1) is 15.5. The molecule has 116 valence electrons. The molecule has 2 aromatic carbocycles. The molecular formula is C16H12N2O3S2. The third-order valence-corrected chi connectivity index (χ3v) is 5.21. The first-order chi connectivity index (χ1) is 11.1. The summed E-state index contributed by atoms with van der Waals surface area (Å²) in [4.78, 5) is 27.6. The topological polar surface area (TPSA) is 79.3 Å². The van der Waals surface area contributed by atoms with Crippen LogP contribution >= 0.6 is 23.1 Å². The number of thiazole rings is 1. The fourth-order valence-corrected chi connectivity index (χ4v) is 3.87. The molecule has 1 amide bonds. The van der Waals surface area contributed by atoms with Crippen molar-refractivity contribution in [3.05, 3.63) is 54.1 Å². The molecule has 0 saturated carbocycles. The van der Waals surface area contributed by atoms with Crippen molar-refractivity contribution in [2.24, 2.45) is 0 Å². The van der Waals surface area contributed by atoms with Gasteiger partial charge in [0.2, 0.25) is 5.91 Å². The maximum atomic E-state index is 12.0. The van der Waals surface area contributed by atoms with Gasteiger partial charge in [0.25, 0.3) is 0 Å². The number of carboxylic acids is 1. The maximum Gasteiger partial charge on any atom is 0.337 e. The number of anilines is 1. The van der Waals surface area contributed by atoms with Crippen LogP contribution in [0.5, 0.6) is 0 Å². The summed E-state index contributed by atoms with van der Waals surface area (Å²) in [7, 11) is 0. The summed E-state index contributed by atoms with van der Waals surface area (Å²) in [6.07, 6.45) is 0. The number of nitrogens with one attached hydrogen (secondary N) is 1. The fourth-order valence-electron chi connectivity index (χ4n) is 2.00. The predicted molar refractivity (Wildman–Crippen MR) is 92.4 cm³/mol. The van der Waals surface area contributed by atoms with Crippen LogP contribution in [0.1, 0.15) is 10.4 Å². The highest BCUT2D eigenvalue weighted by Gasteiger charge is 2.12. The molecular weight excluding hydrogens is 332 g/mol. The van der Waals surface area contributed by atoms with Gasteiger partial charge in [0.1, 0.15) is 0 Å². The fraction of sp³-hybridized carbons (Fsp3) is 0.0625. The minimum atomic E-state index is -1.07. The van der Waals surface area contributed by atoms with E-state index in [9.17, 15) is 9.59 Å². The van der Waals surface area contributed by atoms with Crippen molar-refractivity contribution < 1.29 is 14.7 Å². The van der Waals surface area contributed by atoms with Crippen molar-refractivity contribution >= 4 is 50.9 Å². The minimum Gasteiger partial charge on any atom is -0.478 e. The number of fused-ring (bicyclic) bond motifs is 1. The third-order valence-electron chi connectivity index (χ3n) is 3.03. The zero-order valence-corrected chi connectivity index (χ0v) is 13.5. The van der Waals surface area contributed by atoms with Crippen LogP contribution in [0.4, 0.5) is 5.69 Å². The summed E-state index contributed by atoms with van der Waals surface area (Å²) < 4.78 is 1.89. The van der Waals surface area contributed by atoms with Gasteiger partial charge in [-0.15, -0.1) is 11.3 Å². The van der Waals surface area contributed by atoms with Crippen LogP contribution in [0.25, 0.3) is 10.2 Å². The number of nitrogens with zero attached hydrogens (tertiary/aromatic N) is 1. The van der Waals surface area contributed by atoms with Gasteiger partial charge in [-0.3, -0.25) is 4.79 Å². The second-order valence-corrected chi connectivity index (χ2v) is 6.89. The maximum absolute atomic E-state index is 12.0. The predicted octanol–water partition coefficient (Wildman–Crippen LogP) is 3.73. The van der Waals surface area contributed by atoms with Crippen LogP contribution in [-0.4, -0.2) is 27.7 Å². The summed E-state index contributed by atoms with van der Waals surface area (Å²) in [5.41, 5.74) is 1.29. The molecule has 0 radical (unpaired) electrons. The van der Waals surface area contributed by atoms with Gasteiger partial charge in [0.05, 0.1) is 27.2 Å². The molecule has 0 atom stereocenters. The van der Waals surface area contributed by atoms with Crippen LogP contribution in [0.3, 0.4) is 0 Å². The number of benzene rings is 2. The highest BCUT2D eigenvalue weighted by Crippen LogP contribution is 2.29. The van der Waals surface area contributed by atoms with Crippen molar-refractivity contribution in [2.45, 2.75) is 4.34 Å². The largest absolute Gasteiger partial charge is 0.478 e. The third kappa shape index (κ3) is 3.69. The number of thioether (sulfide) groups is 1. The molecule has 0 fully saturated rings. The van der Waals surface area contributed by atoms with Crippen LogP contribution < -0.4 is 5.32 Å². The number of carboxylic acid groups (broad SMARTS) is 1. The van der Waals surface area contributed by atoms with Crippen LogP contribution in [0.2, 0.25) is 0 Å². The van der Waals surface area contributed by atoms with Crippen molar-refractivity contribution in [1.82, 2.24) is 4.98 Å². The summed E-state index contributed by atoms with van der Waals surface area (Å²) in [5.74, 6) is -1.16. The van der Waals surface area contributed by atoms with E-state index < -0.39 is 5.97 Å². The Kier molecular flexibility index (Phi) is 4.59.